The molecule has 0 bridgehead atoms. The van der Waals surface area contributed by atoms with E-state index < -0.39 is 0 Å². The molecular weight excluding hydrogens is 356 g/mol. The fraction of sp³-hybridized carbons (Fsp3) is 0.500. The van der Waals surface area contributed by atoms with E-state index in [1.54, 1.807) is 4.68 Å². The van der Waals surface area contributed by atoms with E-state index in [9.17, 15) is 4.79 Å². The second-order valence-corrected chi connectivity index (χ2v) is 8.20. The average molecular weight is 377 g/mol. The topological polar surface area (TPSA) is 51.0 Å². The molecule has 0 N–H and O–H groups in total. The van der Waals surface area contributed by atoms with Crippen LogP contribution in [0.1, 0.15) is 48.0 Å². The van der Waals surface area contributed by atoms with Crippen LogP contribution in [0.2, 0.25) is 5.02 Å². The van der Waals surface area contributed by atoms with Crippen LogP contribution in [0.25, 0.3) is 5.69 Å². The quantitative estimate of drug-likeness (QED) is 0.815. The monoisotopic (exact) mass is 376 g/mol. The van der Waals surface area contributed by atoms with Crippen molar-refractivity contribution in [3.05, 3.63) is 40.9 Å². The zero-order valence-corrected chi connectivity index (χ0v) is 15.8. The molecule has 5 nitrogen and oxygen atoms in total. The summed E-state index contributed by atoms with van der Waals surface area (Å²) in [6.07, 6.45) is 6.39. The maximum Gasteiger partial charge on any atom is 0.293 e. The highest BCUT2D eigenvalue weighted by Gasteiger charge is 2.33. The van der Waals surface area contributed by atoms with E-state index in [0.717, 1.165) is 50.3 Å². The fourth-order valence-corrected chi connectivity index (χ4v) is 4.16. The number of aromatic nitrogens is 3. The van der Waals surface area contributed by atoms with Gasteiger partial charge in [-0.2, -0.15) is 11.8 Å². The van der Waals surface area contributed by atoms with Crippen LogP contribution in [-0.2, 0) is 0 Å². The van der Waals surface area contributed by atoms with Gasteiger partial charge in [-0.25, -0.2) is 9.67 Å². The Morgan fingerprint density at radius 1 is 1.20 bits per heavy atom. The Balaban J connectivity index is 1.62. The summed E-state index contributed by atoms with van der Waals surface area (Å²) >= 11 is 8.22. The van der Waals surface area contributed by atoms with E-state index in [-0.39, 0.29) is 5.91 Å². The van der Waals surface area contributed by atoms with Crippen LogP contribution in [0.4, 0.5) is 0 Å². The number of benzene rings is 1. The third-order valence-corrected chi connectivity index (χ3v) is 6.37. The van der Waals surface area contributed by atoms with Gasteiger partial charge < -0.3 is 4.90 Å². The van der Waals surface area contributed by atoms with Crippen LogP contribution < -0.4 is 0 Å². The number of halogens is 1. The molecule has 132 valence electrons. The Morgan fingerprint density at radius 3 is 2.56 bits per heavy atom. The first-order valence-electron chi connectivity index (χ1n) is 8.71. The highest BCUT2D eigenvalue weighted by molar-refractivity contribution is 7.99. The van der Waals surface area contributed by atoms with Crippen molar-refractivity contribution in [2.24, 2.45) is 0 Å². The molecule has 0 unspecified atom stereocenters. The Morgan fingerprint density at radius 2 is 1.92 bits per heavy atom. The first-order valence-corrected chi connectivity index (χ1v) is 10.4. The van der Waals surface area contributed by atoms with Gasteiger partial charge in [0, 0.05) is 24.3 Å². The van der Waals surface area contributed by atoms with Crippen molar-refractivity contribution in [2.75, 3.05) is 19.3 Å². The molecule has 4 rings (SSSR count). The third-order valence-electron chi connectivity index (χ3n) is 4.91. The molecule has 1 amide bonds. The highest BCUT2D eigenvalue weighted by atomic mass is 35.5. The molecule has 1 saturated carbocycles. The summed E-state index contributed by atoms with van der Waals surface area (Å²) < 4.78 is 1.77. The number of nitrogens with zero attached hydrogens (tertiary/aromatic N) is 4. The number of para-hydroxylation sites is 1. The van der Waals surface area contributed by atoms with Crippen LogP contribution in [0.5, 0.6) is 0 Å². The smallest absolute Gasteiger partial charge is 0.293 e. The van der Waals surface area contributed by atoms with E-state index in [1.165, 1.54) is 0 Å². The van der Waals surface area contributed by atoms with Gasteiger partial charge >= 0.3 is 0 Å². The molecule has 2 fully saturated rings. The molecule has 0 atom stereocenters. The Bertz CT molecular complexity index is 781. The highest BCUT2D eigenvalue weighted by Crippen LogP contribution is 2.40. The van der Waals surface area contributed by atoms with E-state index in [0.29, 0.717) is 22.0 Å². The second-order valence-electron chi connectivity index (χ2n) is 6.66. The SMILES string of the molecule is CSC1CCN(C(=O)c2nc(C3CC3)n(-c3ccccc3Cl)n2)CC1. The molecular formula is C18H21ClN4OS. The van der Waals surface area contributed by atoms with Crippen molar-refractivity contribution in [2.45, 2.75) is 36.9 Å². The molecule has 2 heterocycles. The molecule has 2 aliphatic rings. The minimum Gasteiger partial charge on any atom is -0.336 e. The lowest BCUT2D eigenvalue weighted by atomic mass is 10.1. The molecule has 1 aromatic carbocycles. The second kappa shape index (κ2) is 7.00. The summed E-state index contributed by atoms with van der Waals surface area (Å²) in [5, 5.41) is 5.81. The van der Waals surface area contributed by atoms with Gasteiger partial charge in [-0.15, -0.1) is 5.10 Å². The minimum absolute atomic E-state index is 0.0627. The van der Waals surface area contributed by atoms with Crippen molar-refractivity contribution in [1.82, 2.24) is 19.7 Å². The first kappa shape index (κ1) is 16.9. The van der Waals surface area contributed by atoms with E-state index in [2.05, 4.69) is 16.3 Å². The largest absolute Gasteiger partial charge is 0.336 e. The van der Waals surface area contributed by atoms with Crippen LogP contribution in [-0.4, -0.2) is 50.2 Å². The van der Waals surface area contributed by atoms with Gasteiger partial charge in [-0.05, 0) is 44.1 Å². The zero-order valence-electron chi connectivity index (χ0n) is 14.2. The normalized spacial score (nSPS) is 18.6. The molecule has 1 aliphatic heterocycles. The number of piperidine rings is 1. The van der Waals surface area contributed by atoms with Gasteiger partial charge in [0.1, 0.15) is 5.82 Å². The summed E-state index contributed by atoms with van der Waals surface area (Å²) in [7, 11) is 0. The Labute approximate surface area is 156 Å². The number of carbonyl (C=O) groups excluding carboxylic acids is 1. The standard InChI is InChI=1S/C18H21ClN4OS/c1-25-13-8-10-22(11-9-13)18(24)16-20-17(12-6-7-12)23(21-16)15-5-3-2-4-14(15)19/h2-5,12-13H,6-11H2,1H3. The number of rotatable bonds is 4. The lowest BCUT2D eigenvalue weighted by molar-refractivity contribution is 0.0715. The number of hydrogen-bond acceptors (Lipinski definition) is 4. The number of likely N-dealkylation sites (tertiary alicyclic amines) is 1. The van der Waals surface area contributed by atoms with Crippen LogP contribution in [0.3, 0.4) is 0 Å². The summed E-state index contributed by atoms with van der Waals surface area (Å²) in [4.78, 5) is 19.4. The van der Waals surface area contributed by atoms with Gasteiger partial charge in [0.25, 0.3) is 5.91 Å². The molecule has 1 aliphatic carbocycles. The van der Waals surface area contributed by atoms with Crippen LogP contribution in [0.15, 0.2) is 24.3 Å². The lowest BCUT2D eigenvalue weighted by Gasteiger charge is -2.30. The molecule has 25 heavy (non-hydrogen) atoms. The van der Waals surface area contributed by atoms with Gasteiger partial charge in [-0.3, -0.25) is 4.79 Å². The van der Waals surface area contributed by atoms with E-state index in [4.69, 9.17) is 11.6 Å². The molecule has 0 radical (unpaired) electrons. The Hall–Kier alpha value is -1.53. The maximum atomic E-state index is 12.9. The predicted molar refractivity (Wildman–Crippen MR) is 101 cm³/mol. The molecule has 7 heteroatoms. The predicted octanol–water partition coefficient (Wildman–Crippen LogP) is 3.77. The van der Waals surface area contributed by atoms with Crippen molar-refractivity contribution < 1.29 is 4.79 Å². The summed E-state index contributed by atoms with van der Waals surface area (Å²) in [5.74, 6) is 1.47. The minimum atomic E-state index is -0.0627. The summed E-state index contributed by atoms with van der Waals surface area (Å²) in [6, 6.07) is 7.57. The van der Waals surface area contributed by atoms with Crippen molar-refractivity contribution in [1.29, 1.82) is 0 Å². The average Bonchev–Trinajstić information content (AvgIpc) is 3.40. The van der Waals surface area contributed by atoms with E-state index >= 15 is 0 Å². The number of carbonyl (C=O) groups is 1. The van der Waals surface area contributed by atoms with Crippen molar-refractivity contribution >= 4 is 29.3 Å². The van der Waals surface area contributed by atoms with Crippen molar-refractivity contribution in [3.63, 3.8) is 0 Å². The van der Waals surface area contributed by atoms with Gasteiger partial charge in [0.05, 0.1) is 10.7 Å². The van der Waals surface area contributed by atoms with Gasteiger partial charge in [0.2, 0.25) is 5.82 Å². The third kappa shape index (κ3) is 3.42. The number of thioether (sulfide) groups is 1. The first-order chi connectivity index (χ1) is 12.2. The lowest BCUT2D eigenvalue weighted by Crippen LogP contribution is -2.39. The molecule has 1 saturated heterocycles. The number of hydrogen-bond donors (Lipinski definition) is 0. The van der Waals surface area contributed by atoms with Gasteiger partial charge in [0.15, 0.2) is 0 Å². The van der Waals surface area contributed by atoms with Crippen LogP contribution in [0, 0.1) is 0 Å². The van der Waals surface area contributed by atoms with Gasteiger partial charge in [-0.1, -0.05) is 23.7 Å². The molecule has 1 aromatic heterocycles. The molecule has 0 spiro atoms. The molecule has 2 aromatic rings. The summed E-state index contributed by atoms with van der Waals surface area (Å²) in [5.41, 5.74) is 0.790. The fourth-order valence-electron chi connectivity index (χ4n) is 3.26. The summed E-state index contributed by atoms with van der Waals surface area (Å²) in [6.45, 7) is 1.56. The number of amides is 1. The zero-order chi connectivity index (χ0) is 17.4. The maximum absolute atomic E-state index is 12.9. The van der Waals surface area contributed by atoms with Crippen molar-refractivity contribution in [3.8, 4) is 5.69 Å². The van der Waals surface area contributed by atoms with E-state index in [1.807, 2.05) is 40.9 Å². The van der Waals surface area contributed by atoms with Crippen LogP contribution >= 0.6 is 23.4 Å². The Kier molecular flexibility index (Phi) is 4.73.